The van der Waals surface area contributed by atoms with Gasteiger partial charge in [-0.2, -0.15) is 13.2 Å². The number of alkyl halides is 3. The molecule has 1 N–H and O–H groups in total. The molecular formula is C18H9Cl3F3NO2. The Balaban J connectivity index is 1.86. The number of hydrogen-bond donors (Lipinski definition) is 1. The van der Waals surface area contributed by atoms with Crippen LogP contribution in [0.2, 0.25) is 15.1 Å². The minimum Gasteiger partial charge on any atom is -0.451 e. The molecule has 1 aromatic heterocycles. The molecule has 1 amide bonds. The van der Waals surface area contributed by atoms with Crippen LogP contribution in [0.4, 0.5) is 18.9 Å². The van der Waals surface area contributed by atoms with E-state index in [2.05, 4.69) is 5.32 Å². The SMILES string of the molecule is O=C(Nc1ccc(Cl)cc1C(F)(F)F)c1ccc(-c2ccc(Cl)c(Cl)c2)o1. The van der Waals surface area contributed by atoms with Crippen LogP contribution in [0, 0.1) is 0 Å². The Hall–Kier alpha value is -2.15. The van der Waals surface area contributed by atoms with E-state index in [1.165, 1.54) is 18.2 Å². The van der Waals surface area contributed by atoms with E-state index >= 15 is 0 Å². The van der Waals surface area contributed by atoms with E-state index in [1.807, 2.05) is 0 Å². The maximum Gasteiger partial charge on any atom is 0.418 e. The number of rotatable bonds is 3. The van der Waals surface area contributed by atoms with Crippen molar-refractivity contribution in [1.29, 1.82) is 0 Å². The number of amides is 1. The summed E-state index contributed by atoms with van der Waals surface area (Å²) in [5.74, 6) is -0.695. The standard InChI is InChI=1S/C18H9Cl3F3NO2/c19-10-2-4-14(11(8-10)18(22,23)24)25-17(26)16-6-5-15(27-16)9-1-3-12(20)13(21)7-9/h1-8H,(H,25,26). The third-order valence-corrected chi connectivity index (χ3v) is 4.54. The quantitative estimate of drug-likeness (QED) is 0.474. The van der Waals surface area contributed by atoms with Crippen LogP contribution in [0.1, 0.15) is 16.1 Å². The van der Waals surface area contributed by atoms with Gasteiger partial charge in [-0.05, 0) is 48.5 Å². The van der Waals surface area contributed by atoms with E-state index in [4.69, 9.17) is 39.2 Å². The van der Waals surface area contributed by atoms with Crippen LogP contribution in [0.5, 0.6) is 0 Å². The summed E-state index contributed by atoms with van der Waals surface area (Å²) in [7, 11) is 0. The Labute approximate surface area is 166 Å². The van der Waals surface area contributed by atoms with Gasteiger partial charge in [0.2, 0.25) is 0 Å². The molecule has 0 radical (unpaired) electrons. The summed E-state index contributed by atoms with van der Waals surface area (Å²) in [6.07, 6.45) is -4.68. The Bertz CT molecular complexity index is 1020. The molecular weight excluding hydrogens is 426 g/mol. The van der Waals surface area contributed by atoms with Crippen molar-refractivity contribution in [1.82, 2.24) is 0 Å². The molecule has 27 heavy (non-hydrogen) atoms. The molecule has 3 aromatic rings. The predicted molar refractivity (Wildman–Crippen MR) is 98.6 cm³/mol. The summed E-state index contributed by atoms with van der Waals surface area (Å²) < 4.78 is 44.8. The zero-order valence-corrected chi connectivity index (χ0v) is 15.5. The maximum atomic E-state index is 13.1. The van der Waals surface area contributed by atoms with E-state index < -0.39 is 23.3 Å². The van der Waals surface area contributed by atoms with Crippen LogP contribution in [0.3, 0.4) is 0 Å². The van der Waals surface area contributed by atoms with E-state index in [0.717, 1.165) is 12.1 Å². The van der Waals surface area contributed by atoms with Gasteiger partial charge in [0.15, 0.2) is 5.76 Å². The molecule has 0 aliphatic carbocycles. The van der Waals surface area contributed by atoms with Crippen molar-refractivity contribution in [2.24, 2.45) is 0 Å². The molecule has 0 unspecified atom stereocenters. The average molecular weight is 435 g/mol. The fourth-order valence-electron chi connectivity index (χ4n) is 2.31. The molecule has 3 nitrogen and oxygen atoms in total. The van der Waals surface area contributed by atoms with Gasteiger partial charge in [-0.1, -0.05) is 34.8 Å². The van der Waals surface area contributed by atoms with Gasteiger partial charge >= 0.3 is 6.18 Å². The van der Waals surface area contributed by atoms with Gasteiger partial charge in [0.25, 0.3) is 5.91 Å². The van der Waals surface area contributed by atoms with Crippen LogP contribution in [0.15, 0.2) is 52.9 Å². The smallest absolute Gasteiger partial charge is 0.418 e. The first-order valence-electron chi connectivity index (χ1n) is 7.38. The van der Waals surface area contributed by atoms with Gasteiger partial charge in [0, 0.05) is 10.6 Å². The van der Waals surface area contributed by atoms with Crippen molar-refractivity contribution < 1.29 is 22.4 Å². The third-order valence-electron chi connectivity index (χ3n) is 3.57. The normalized spacial score (nSPS) is 11.5. The van der Waals surface area contributed by atoms with Crippen molar-refractivity contribution in [2.75, 3.05) is 5.32 Å². The van der Waals surface area contributed by atoms with Crippen molar-refractivity contribution in [2.45, 2.75) is 6.18 Å². The molecule has 0 saturated carbocycles. The maximum absolute atomic E-state index is 13.1. The van der Waals surface area contributed by atoms with Crippen molar-refractivity contribution in [3.05, 3.63) is 74.9 Å². The average Bonchev–Trinajstić information content (AvgIpc) is 3.08. The number of halogens is 6. The molecule has 0 spiro atoms. The highest BCUT2D eigenvalue weighted by atomic mass is 35.5. The van der Waals surface area contributed by atoms with Gasteiger partial charge in [-0.15, -0.1) is 0 Å². The summed E-state index contributed by atoms with van der Waals surface area (Å²) in [5.41, 5.74) is -0.921. The largest absolute Gasteiger partial charge is 0.451 e. The molecule has 9 heteroatoms. The van der Waals surface area contributed by atoms with Gasteiger partial charge in [-0.3, -0.25) is 4.79 Å². The number of nitrogens with one attached hydrogen (secondary N) is 1. The lowest BCUT2D eigenvalue weighted by Gasteiger charge is -2.13. The summed E-state index contributed by atoms with van der Waals surface area (Å²) in [6.45, 7) is 0. The highest BCUT2D eigenvalue weighted by Gasteiger charge is 2.34. The molecule has 0 atom stereocenters. The Morgan fingerprint density at radius 1 is 0.926 bits per heavy atom. The minimum absolute atomic E-state index is 0.0970. The first kappa shape index (κ1) is 19.6. The summed E-state index contributed by atoms with van der Waals surface area (Å²) >= 11 is 17.4. The van der Waals surface area contributed by atoms with E-state index in [9.17, 15) is 18.0 Å². The van der Waals surface area contributed by atoms with Gasteiger partial charge in [0.05, 0.1) is 21.3 Å². The van der Waals surface area contributed by atoms with Crippen molar-refractivity contribution in [3.8, 4) is 11.3 Å². The summed E-state index contributed by atoms with van der Waals surface area (Å²) in [5, 5.41) is 2.74. The Morgan fingerprint density at radius 3 is 2.33 bits per heavy atom. The lowest BCUT2D eigenvalue weighted by molar-refractivity contribution is -0.136. The van der Waals surface area contributed by atoms with Gasteiger partial charge in [0.1, 0.15) is 5.76 Å². The number of hydrogen-bond acceptors (Lipinski definition) is 2. The van der Waals surface area contributed by atoms with Crippen LogP contribution in [0.25, 0.3) is 11.3 Å². The fraction of sp³-hybridized carbons (Fsp3) is 0.0556. The lowest BCUT2D eigenvalue weighted by Crippen LogP contribution is -2.16. The van der Waals surface area contributed by atoms with Crippen molar-refractivity contribution >= 4 is 46.4 Å². The molecule has 1 heterocycles. The molecule has 0 bridgehead atoms. The number of furan rings is 1. The highest BCUT2D eigenvalue weighted by molar-refractivity contribution is 6.42. The fourth-order valence-corrected chi connectivity index (χ4v) is 2.78. The van der Waals surface area contributed by atoms with E-state index in [0.29, 0.717) is 21.4 Å². The second-order valence-corrected chi connectivity index (χ2v) is 6.69. The zero-order valence-electron chi connectivity index (χ0n) is 13.2. The second kappa shape index (κ2) is 7.46. The topological polar surface area (TPSA) is 42.2 Å². The molecule has 140 valence electrons. The molecule has 3 rings (SSSR count). The Morgan fingerprint density at radius 2 is 1.67 bits per heavy atom. The first-order valence-corrected chi connectivity index (χ1v) is 8.52. The van der Waals surface area contributed by atoms with Gasteiger partial charge < -0.3 is 9.73 Å². The number of carbonyl (C=O) groups excluding carboxylic acids is 1. The predicted octanol–water partition coefficient (Wildman–Crippen LogP) is 7.18. The second-order valence-electron chi connectivity index (χ2n) is 5.43. The summed E-state index contributed by atoms with van der Waals surface area (Å²) in [4.78, 5) is 12.3. The van der Waals surface area contributed by atoms with E-state index in [-0.39, 0.29) is 10.8 Å². The monoisotopic (exact) mass is 433 g/mol. The van der Waals surface area contributed by atoms with Crippen LogP contribution in [-0.2, 0) is 6.18 Å². The molecule has 0 fully saturated rings. The first-order chi connectivity index (χ1) is 12.6. The van der Waals surface area contributed by atoms with Gasteiger partial charge in [-0.25, -0.2) is 0 Å². The highest BCUT2D eigenvalue weighted by Crippen LogP contribution is 2.37. The molecule has 2 aromatic carbocycles. The minimum atomic E-state index is -4.68. The van der Waals surface area contributed by atoms with Crippen LogP contribution in [-0.4, -0.2) is 5.91 Å². The number of carbonyl (C=O) groups is 1. The zero-order chi connectivity index (χ0) is 19.8. The molecule has 0 aliphatic heterocycles. The molecule has 0 aliphatic rings. The van der Waals surface area contributed by atoms with Crippen molar-refractivity contribution in [3.63, 3.8) is 0 Å². The third kappa shape index (κ3) is 4.40. The number of anilines is 1. The Kier molecular flexibility index (Phi) is 5.42. The summed E-state index contributed by atoms with van der Waals surface area (Å²) in [6, 6.07) is 10.6. The molecule has 0 saturated heterocycles. The van der Waals surface area contributed by atoms with Crippen LogP contribution < -0.4 is 5.32 Å². The van der Waals surface area contributed by atoms with E-state index in [1.54, 1.807) is 18.2 Å². The van der Waals surface area contributed by atoms with Crippen LogP contribution >= 0.6 is 34.8 Å². The lowest BCUT2D eigenvalue weighted by atomic mass is 10.1. The number of benzene rings is 2.